The largest absolute Gasteiger partial charge is 0.352 e. The van der Waals surface area contributed by atoms with E-state index in [0.29, 0.717) is 11.9 Å². The van der Waals surface area contributed by atoms with E-state index >= 15 is 0 Å². The Labute approximate surface area is 110 Å². The quantitative estimate of drug-likeness (QED) is 0.772. The van der Waals surface area contributed by atoms with Crippen LogP contribution in [0.4, 0.5) is 5.82 Å². The first-order valence-corrected chi connectivity index (χ1v) is 7.09. The number of rotatable bonds is 2. The molecule has 0 aliphatic carbocycles. The standard InChI is InChI=1S/C12H16BrClN2/c13-11-6-4-7-15-12(11)16-8-3-1-2-5-10(16)9-14/h4,6-7,10H,1-3,5,8-9H2. The summed E-state index contributed by atoms with van der Waals surface area (Å²) in [6.07, 6.45) is 6.83. The van der Waals surface area contributed by atoms with Crippen molar-refractivity contribution in [1.82, 2.24) is 4.98 Å². The van der Waals surface area contributed by atoms with Crippen LogP contribution in [-0.2, 0) is 0 Å². The molecule has 1 saturated heterocycles. The van der Waals surface area contributed by atoms with Gasteiger partial charge in [0, 0.05) is 24.7 Å². The minimum atomic E-state index is 0.426. The summed E-state index contributed by atoms with van der Waals surface area (Å²) in [5.74, 6) is 1.72. The lowest BCUT2D eigenvalue weighted by Gasteiger charge is -2.30. The van der Waals surface area contributed by atoms with Crippen LogP contribution in [0, 0.1) is 0 Å². The lowest BCUT2D eigenvalue weighted by atomic mass is 10.1. The van der Waals surface area contributed by atoms with Crippen molar-refractivity contribution in [1.29, 1.82) is 0 Å². The molecular weight excluding hydrogens is 288 g/mol. The zero-order valence-electron chi connectivity index (χ0n) is 9.20. The first-order chi connectivity index (χ1) is 7.83. The molecule has 0 N–H and O–H groups in total. The highest BCUT2D eigenvalue weighted by Crippen LogP contribution is 2.28. The van der Waals surface area contributed by atoms with E-state index in [-0.39, 0.29) is 0 Å². The molecule has 0 radical (unpaired) electrons. The summed E-state index contributed by atoms with van der Waals surface area (Å²) in [5.41, 5.74) is 0. The fourth-order valence-corrected chi connectivity index (χ4v) is 3.01. The number of anilines is 1. The van der Waals surface area contributed by atoms with Crippen molar-refractivity contribution >= 4 is 33.3 Å². The molecule has 1 unspecified atom stereocenters. The molecule has 1 fully saturated rings. The van der Waals surface area contributed by atoms with Crippen molar-refractivity contribution < 1.29 is 0 Å². The number of hydrogen-bond donors (Lipinski definition) is 0. The van der Waals surface area contributed by atoms with Crippen LogP contribution in [0.25, 0.3) is 0 Å². The van der Waals surface area contributed by atoms with E-state index in [1.807, 2.05) is 18.3 Å². The molecule has 1 aliphatic rings. The number of aromatic nitrogens is 1. The van der Waals surface area contributed by atoms with Gasteiger partial charge in [-0.1, -0.05) is 12.8 Å². The first-order valence-electron chi connectivity index (χ1n) is 5.76. The van der Waals surface area contributed by atoms with Gasteiger partial charge in [-0.2, -0.15) is 0 Å². The van der Waals surface area contributed by atoms with E-state index in [1.165, 1.54) is 25.7 Å². The summed E-state index contributed by atoms with van der Waals surface area (Å²) in [6.45, 7) is 1.06. The van der Waals surface area contributed by atoms with E-state index in [0.717, 1.165) is 16.8 Å². The fourth-order valence-electron chi connectivity index (χ4n) is 2.21. The average molecular weight is 304 g/mol. The highest BCUT2D eigenvalue weighted by molar-refractivity contribution is 9.10. The second-order valence-corrected chi connectivity index (χ2v) is 5.32. The third-order valence-electron chi connectivity index (χ3n) is 3.07. The molecule has 0 saturated carbocycles. The van der Waals surface area contributed by atoms with E-state index in [9.17, 15) is 0 Å². The minimum Gasteiger partial charge on any atom is -0.352 e. The van der Waals surface area contributed by atoms with Gasteiger partial charge < -0.3 is 4.90 Å². The molecule has 0 aromatic carbocycles. The molecule has 1 aromatic heterocycles. The van der Waals surface area contributed by atoms with E-state index in [4.69, 9.17) is 11.6 Å². The molecular formula is C12H16BrClN2. The molecule has 2 heterocycles. The first kappa shape index (κ1) is 12.2. The number of pyridine rings is 1. The van der Waals surface area contributed by atoms with Gasteiger partial charge in [-0.3, -0.25) is 0 Å². The van der Waals surface area contributed by atoms with Crippen LogP contribution in [0.15, 0.2) is 22.8 Å². The molecule has 2 rings (SSSR count). The molecule has 16 heavy (non-hydrogen) atoms. The topological polar surface area (TPSA) is 16.1 Å². The van der Waals surface area contributed by atoms with Gasteiger partial charge in [0.2, 0.25) is 0 Å². The van der Waals surface area contributed by atoms with Crippen molar-refractivity contribution in [3.63, 3.8) is 0 Å². The summed E-state index contributed by atoms with van der Waals surface area (Å²) in [5, 5.41) is 0. The van der Waals surface area contributed by atoms with E-state index in [1.54, 1.807) is 0 Å². The molecule has 1 atom stereocenters. The fraction of sp³-hybridized carbons (Fsp3) is 0.583. The molecule has 2 nitrogen and oxygen atoms in total. The maximum Gasteiger partial charge on any atom is 0.143 e. The minimum absolute atomic E-state index is 0.426. The lowest BCUT2D eigenvalue weighted by molar-refractivity contribution is 0.615. The second-order valence-electron chi connectivity index (χ2n) is 4.16. The van der Waals surface area contributed by atoms with Gasteiger partial charge in [0.25, 0.3) is 0 Å². The monoisotopic (exact) mass is 302 g/mol. The highest BCUT2D eigenvalue weighted by Gasteiger charge is 2.22. The number of alkyl halides is 1. The Morgan fingerprint density at radius 3 is 3.06 bits per heavy atom. The zero-order valence-corrected chi connectivity index (χ0v) is 11.5. The predicted molar refractivity (Wildman–Crippen MR) is 72.3 cm³/mol. The Morgan fingerprint density at radius 1 is 1.44 bits per heavy atom. The van der Waals surface area contributed by atoms with E-state index in [2.05, 4.69) is 25.8 Å². The average Bonchev–Trinajstić information content (AvgIpc) is 2.54. The smallest absolute Gasteiger partial charge is 0.143 e. The molecule has 0 spiro atoms. The maximum absolute atomic E-state index is 6.07. The molecule has 88 valence electrons. The summed E-state index contributed by atoms with van der Waals surface area (Å²) in [4.78, 5) is 6.81. The number of nitrogens with zero attached hydrogens (tertiary/aromatic N) is 2. The Hall–Kier alpha value is -0.280. The zero-order chi connectivity index (χ0) is 11.4. The third kappa shape index (κ3) is 2.69. The Balaban J connectivity index is 2.25. The number of halogens is 2. The Morgan fingerprint density at radius 2 is 2.31 bits per heavy atom. The van der Waals surface area contributed by atoms with Crippen LogP contribution >= 0.6 is 27.5 Å². The lowest BCUT2D eigenvalue weighted by Crippen LogP contribution is -2.37. The summed E-state index contributed by atoms with van der Waals surface area (Å²) in [6, 6.07) is 4.41. The van der Waals surface area contributed by atoms with Crippen molar-refractivity contribution in [3.05, 3.63) is 22.8 Å². The SMILES string of the molecule is ClCC1CCCCCN1c1ncccc1Br. The number of hydrogen-bond acceptors (Lipinski definition) is 2. The molecule has 0 bridgehead atoms. The van der Waals surface area contributed by atoms with Crippen molar-refractivity contribution in [2.45, 2.75) is 31.7 Å². The predicted octanol–water partition coefficient (Wildman–Crippen LogP) is 3.83. The third-order valence-corrected chi connectivity index (χ3v) is 4.04. The highest BCUT2D eigenvalue weighted by atomic mass is 79.9. The van der Waals surface area contributed by atoms with Crippen LogP contribution in [0.3, 0.4) is 0 Å². The van der Waals surface area contributed by atoms with Crippen molar-refractivity contribution in [2.75, 3.05) is 17.3 Å². The van der Waals surface area contributed by atoms with Crippen LogP contribution in [0.2, 0.25) is 0 Å². The van der Waals surface area contributed by atoms with Crippen LogP contribution < -0.4 is 4.90 Å². The normalized spacial score (nSPS) is 21.9. The van der Waals surface area contributed by atoms with Gasteiger partial charge in [0.15, 0.2) is 0 Å². The summed E-state index contributed by atoms with van der Waals surface area (Å²) < 4.78 is 1.06. The van der Waals surface area contributed by atoms with Gasteiger partial charge in [0.05, 0.1) is 4.47 Å². The van der Waals surface area contributed by atoms with Gasteiger partial charge in [-0.15, -0.1) is 11.6 Å². The van der Waals surface area contributed by atoms with Gasteiger partial charge >= 0.3 is 0 Å². The van der Waals surface area contributed by atoms with Crippen LogP contribution in [0.5, 0.6) is 0 Å². The van der Waals surface area contributed by atoms with Crippen LogP contribution in [-0.4, -0.2) is 23.5 Å². The molecule has 4 heteroatoms. The van der Waals surface area contributed by atoms with Crippen molar-refractivity contribution in [2.24, 2.45) is 0 Å². The van der Waals surface area contributed by atoms with Gasteiger partial charge in [0.1, 0.15) is 5.82 Å². The molecule has 0 amide bonds. The summed E-state index contributed by atoms with van der Waals surface area (Å²) in [7, 11) is 0. The maximum atomic E-state index is 6.07. The Bertz CT molecular complexity index is 346. The van der Waals surface area contributed by atoms with Gasteiger partial charge in [-0.25, -0.2) is 4.98 Å². The molecule has 1 aliphatic heterocycles. The van der Waals surface area contributed by atoms with Crippen molar-refractivity contribution in [3.8, 4) is 0 Å². The second kappa shape index (κ2) is 5.87. The summed E-state index contributed by atoms with van der Waals surface area (Å²) >= 11 is 9.63. The van der Waals surface area contributed by atoms with Crippen LogP contribution in [0.1, 0.15) is 25.7 Å². The van der Waals surface area contributed by atoms with Gasteiger partial charge in [-0.05, 0) is 40.9 Å². The Kier molecular flexibility index (Phi) is 4.47. The van der Waals surface area contributed by atoms with E-state index < -0.39 is 0 Å². The molecule has 1 aromatic rings.